The van der Waals surface area contributed by atoms with Crippen LogP contribution >= 0.6 is 11.3 Å². The van der Waals surface area contributed by atoms with Gasteiger partial charge in [-0.1, -0.05) is 23.5 Å². The average molecular weight is 309 g/mol. The van der Waals surface area contributed by atoms with Crippen molar-refractivity contribution in [1.82, 2.24) is 20.4 Å². The van der Waals surface area contributed by atoms with Gasteiger partial charge >= 0.3 is 6.03 Å². The molecule has 1 aromatic heterocycles. The Morgan fingerprint density at radius 2 is 2.10 bits per heavy atom. The largest absolute Gasteiger partial charge is 0.336 e. The molecule has 0 bridgehead atoms. The predicted molar refractivity (Wildman–Crippen MR) is 79.8 cm³/mol. The standard InChI is InChI=1S/C13H16FN5OS/c1-19(2)11(9-3-5-10(14)6-4-9)7-15-12(20)17-13-18-16-8-21-13/h3-6,8,11H,7H2,1-2H3,(H2,15,17,18,20). The van der Waals surface area contributed by atoms with Crippen molar-refractivity contribution in [2.45, 2.75) is 6.04 Å². The van der Waals surface area contributed by atoms with Crippen molar-refractivity contribution in [2.24, 2.45) is 0 Å². The maximum absolute atomic E-state index is 13.0. The summed E-state index contributed by atoms with van der Waals surface area (Å²) in [5.74, 6) is -0.279. The number of amides is 2. The van der Waals surface area contributed by atoms with Gasteiger partial charge in [0.2, 0.25) is 5.13 Å². The number of anilines is 1. The molecule has 2 rings (SSSR count). The van der Waals surface area contributed by atoms with Crippen LogP contribution in [0.15, 0.2) is 29.8 Å². The van der Waals surface area contributed by atoms with Crippen molar-refractivity contribution in [3.8, 4) is 0 Å². The second-order valence-electron chi connectivity index (χ2n) is 4.61. The van der Waals surface area contributed by atoms with Crippen LogP contribution in [0.2, 0.25) is 0 Å². The van der Waals surface area contributed by atoms with Crippen LogP contribution in [0.1, 0.15) is 11.6 Å². The highest BCUT2D eigenvalue weighted by molar-refractivity contribution is 7.13. The number of rotatable bonds is 5. The molecule has 0 fully saturated rings. The van der Waals surface area contributed by atoms with Crippen LogP contribution in [0.25, 0.3) is 0 Å². The molecule has 21 heavy (non-hydrogen) atoms. The first kappa shape index (κ1) is 15.3. The Morgan fingerprint density at radius 3 is 2.67 bits per heavy atom. The van der Waals surface area contributed by atoms with Crippen molar-refractivity contribution in [3.05, 3.63) is 41.2 Å². The van der Waals surface area contributed by atoms with Gasteiger partial charge in [-0.3, -0.25) is 5.32 Å². The van der Waals surface area contributed by atoms with E-state index < -0.39 is 0 Å². The number of halogens is 1. The second kappa shape index (κ2) is 7.09. The summed E-state index contributed by atoms with van der Waals surface area (Å²) in [6.07, 6.45) is 0. The summed E-state index contributed by atoms with van der Waals surface area (Å²) in [6.45, 7) is 0.392. The Balaban J connectivity index is 1.94. The lowest BCUT2D eigenvalue weighted by Gasteiger charge is -2.25. The molecule has 2 amide bonds. The fourth-order valence-electron chi connectivity index (χ4n) is 1.84. The van der Waals surface area contributed by atoms with E-state index in [0.29, 0.717) is 11.7 Å². The lowest BCUT2D eigenvalue weighted by molar-refractivity contribution is 0.243. The summed E-state index contributed by atoms with van der Waals surface area (Å²) in [5, 5.41) is 13.2. The van der Waals surface area contributed by atoms with Gasteiger partial charge in [0.15, 0.2) is 0 Å². The molecule has 1 unspecified atom stereocenters. The molecule has 112 valence electrons. The van der Waals surface area contributed by atoms with E-state index in [2.05, 4.69) is 20.8 Å². The first-order valence-electron chi connectivity index (χ1n) is 6.29. The van der Waals surface area contributed by atoms with Crippen LogP contribution in [0.5, 0.6) is 0 Å². The van der Waals surface area contributed by atoms with Gasteiger partial charge in [-0.15, -0.1) is 10.2 Å². The lowest BCUT2D eigenvalue weighted by Crippen LogP contribution is -2.36. The quantitative estimate of drug-likeness (QED) is 0.887. The summed E-state index contributed by atoms with van der Waals surface area (Å²) in [4.78, 5) is 13.7. The minimum absolute atomic E-state index is 0.0502. The van der Waals surface area contributed by atoms with Crippen LogP contribution in [-0.4, -0.2) is 41.8 Å². The van der Waals surface area contributed by atoms with Gasteiger partial charge in [-0.05, 0) is 31.8 Å². The van der Waals surface area contributed by atoms with E-state index in [-0.39, 0.29) is 17.9 Å². The van der Waals surface area contributed by atoms with Gasteiger partial charge in [-0.25, -0.2) is 9.18 Å². The van der Waals surface area contributed by atoms with Crippen LogP contribution in [-0.2, 0) is 0 Å². The van der Waals surface area contributed by atoms with Crippen LogP contribution < -0.4 is 10.6 Å². The third-order valence-electron chi connectivity index (χ3n) is 2.91. The van der Waals surface area contributed by atoms with E-state index in [1.165, 1.54) is 29.0 Å². The highest BCUT2D eigenvalue weighted by atomic mass is 32.1. The van der Waals surface area contributed by atoms with Crippen molar-refractivity contribution < 1.29 is 9.18 Å². The van der Waals surface area contributed by atoms with E-state index >= 15 is 0 Å². The van der Waals surface area contributed by atoms with Crippen molar-refractivity contribution in [1.29, 1.82) is 0 Å². The fourth-order valence-corrected chi connectivity index (χ4v) is 2.28. The second-order valence-corrected chi connectivity index (χ2v) is 5.44. The summed E-state index contributed by atoms with van der Waals surface area (Å²) in [6, 6.07) is 5.85. The number of hydrogen-bond acceptors (Lipinski definition) is 5. The van der Waals surface area contributed by atoms with Crippen molar-refractivity contribution in [3.63, 3.8) is 0 Å². The van der Waals surface area contributed by atoms with Gasteiger partial charge in [0.1, 0.15) is 11.3 Å². The first-order valence-corrected chi connectivity index (χ1v) is 7.17. The number of urea groups is 1. The van der Waals surface area contributed by atoms with Gasteiger partial charge in [0, 0.05) is 6.54 Å². The molecule has 2 N–H and O–H groups in total. The Bertz CT molecular complexity index is 573. The zero-order chi connectivity index (χ0) is 15.2. The van der Waals surface area contributed by atoms with E-state index in [0.717, 1.165) is 5.56 Å². The van der Waals surface area contributed by atoms with Crippen LogP contribution in [0, 0.1) is 5.82 Å². The summed E-state index contributed by atoms with van der Waals surface area (Å²) < 4.78 is 13.0. The molecule has 0 radical (unpaired) electrons. The molecule has 0 spiro atoms. The number of carbonyl (C=O) groups is 1. The summed E-state index contributed by atoms with van der Waals surface area (Å²) in [5.41, 5.74) is 2.47. The summed E-state index contributed by atoms with van der Waals surface area (Å²) >= 11 is 1.24. The average Bonchev–Trinajstić information content (AvgIpc) is 2.93. The zero-order valence-corrected chi connectivity index (χ0v) is 12.5. The smallest absolute Gasteiger partial charge is 0.321 e. The Hall–Kier alpha value is -2.06. The highest BCUT2D eigenvalue weighted by Crippen LogP contribution is 2.17. The molecule has 1 heterocycles. The van der Waals surface area contributed by atoms with E-state index in [9.17, 15) is 9.18 Å². The fraction of sp³-hybridized carbons (Fsp3) is 0.308. The Morgan fingerprint density at radius 1 is 1.38 bits per heavy atom. The molecule has 0 aliphatic rings. The molecule has 0 saturated heterocycles. The number of likely N-dealkylation sites (N-methyl/N-ethyl adjacent to an activating group) is 1. The van der Waals surface area contributed by atoms with Gasteiger partial charge in [-0.2, -0.15) is 0 Å². The Labute approximate surface area is 126 Å². The minimum Gasteiger partial charge on any atom is -0.336 e. The zero-order valence-electron chi connectivity index (χ0n) is 11.7. The van der Waals surface area contributed by atoms with E-state index in [1.807, 2.05) is 19.0 Å². The first-order chi connectivity index (χ1) is 10.1. The summed E-state index contributed by atoms with van der Waals surface area (Å²) in [7, 11) is 3.80. The SMILES string of the molecule is CN(C)C(CNC(=O)Nc1nncs1)c1ccc(F)cc1. The number of nitrogens with one attached hydrogen (secondary N) is 2. The third-order valence-corrected chi connectivity index (χ3v) is 3.52. The molecular formula is C13H16FN5OS. The number of aromatic nitrogens is 2. The topological polar surface area (TPSA) is 70.2 Å². The number of hydrogen-bond donors (Lipinski definition) is 2. The van der Waals surface area contributed by atoms with Gasteiger partial charge in [0.05, 0.1) is 6.04 Å². The van der Waals surface area contributed by atoms with Gasteiger partial charge < -0.3 is 10.2 Å². The number of carbonyl (C=O) groups excluding carboxylic acids is 1. The molecule has 1 aromatic carbocycles. The highest BCUT2D eigenvalue weighted by Gasteiger charge is 2.15. The molecule has 0 aliphatic carbocycles. The number of benzene rings is 1. The van der Waals surface area contributed by atoms with Crippen molar-refractivity contribution in [2.75, 3.05) is 26.0 Å². The van der Waals surface area contributed by atoms with Crippen molar-refractivity contribution >= 4 is 22.5 Å². The lowest BCUT2D eigenvalue weighted by atomic mass is 10.1. The normalized spacial score (nSPS) is 12.2. The molecule has 1 atom stereocenters. The molecule has 8 heteroatoms. The Kier molecular flexibility index (Phi) is 5.18. The van der Waals surface area contributed by atoms with E-state index in [1.54, 1.807) is 12.1 Å². The molecular weight excluding hydrogens is 293 g/mol. The predicted octanol–water partition coefficient (Wildman–Crippen LogP) is 2.10. The van der Waals surface area contributed by atoms with Crippen LogP contribution in [0.3, 0.4) is 0 Å². The minimum atomic E-state index is -0.347. The maximum Gasteiger partial charge on any atom is 0.321 e. The maximum atomic E-state index is 13.0. The molecule has 0 aliphatic heterocycles. The molecule has 2 aromatic rings. The van der Waals surface area contributed by atoms with Crippen LogP contribution in [0.4, 0.5) is 14.3 Å². The molecule has 6 nitrogen and oxygen atoms in total. The monoisotopic (exact) mass is 309 g/mol. The molecule has 0 saturated carbocycles. The number of nitrogens with zero attached hydrogens (tertiary/aromatic N) is 3. The van der Waals surface area contributed by atoms with Gasteiger partial charge in [0.25, 0.3) is 0 Å². The van der Waals surface area contributed by atoms with E-state index in [4.69, 9.17) is 0 Å². The third kappa shape index (κ3) is 4.47.